The lowest BCUT2D eigenvalue weighted by Crippen LogP contribution is -2.30. The van der Waals surface area contributed by atoms with Crippen molar-refractivity contribution in [3.8, 4) is 0 Å². The molecule has 0 heterocycles. The van der Waals surface area contributed by atoms with Crippen LogP contribution in [0.2, 0.25) is 0 Å². The fourth-order valence-corrected chi connectivity index (χ4v) is 6.31. The summed E-state index contributed by atoms with van der Waals surface area (Å²) in [6.07, 6.45) is 23.0. The van der Waals surface area contributed by atoms with Crippen molar-refractivity contribution in [1.82, 2.24) is 0 Å². The zero-order chi connectivity index (χ0) is 25.3. The highest BCUT2D eigenvalue weighted by Gasteiger charge is 2.23. The molecule has 2 atom stereocenters. The van der Waals surface area contributed by atoms with Gasteiger partial charge < -0.3 is 18.9 Å². The van der Waals surface area contributed by atoms with Gasteiger partial charge in [-0.3, -0.25) is 9.59 Å². The number of esters is 2. The Balaban J connectivity index is 1.13. The van der Waals surface area contributed by atoms with Crippen LogP contribution in [0.15, 0.2) is 0 Å². The summed E-state index contributed by atoms with van der Waals surface area (Å²) in [6.45, 7) is 1.57. The molecule has 0 aromatic carbocycles. The molecular formula is C30H52O6. The zero-order valence-electron chi connectivity index (χ0n) is 22.7. The first-order valence-electron chi connectivity index (χ1n) is 15.2. The number of hydrogen-bond acceptors (Lipinski definition) is 6. The van der Waals surface area contributed by atoms with Crippen molar-refractivity contribution in [2.75, 3.05) is 26.4 Å². The maximum absolute atomic E-state index is 12.0. The van der Waals surface area contributed by atoms with E-state index in [1.54, 1.807) is 0 Å². The van der Waals surface area contributed by atoms with E-state index in [-0.39, 0.29) is 24.1 Å². The summed E-state index contributed by atoms with van der Waals surface area (Å²) < 4.78 is 22.7. The lowest BCUT2D eigenvalue weighted by Gasteiger charge is -2.29. The summed E-state index contributed by atoms with van der Waals surface area (Å²) in [5.41, 5.74) is 0. The molecule has 36 heavy (non-hydrogen) atoms. The Kier molecular flexibility index (Phi) is 14.8. The summed E-state index contributed by atoms with van der Waals surface area (Å²) >= 11 is 0. The van der Waals surface area contributed by atoms with Crippen molar-refractivity contribution >= 4 is 11.9 Å². The van der Waals surface area contributed by atoms with E-state index in [4.69, 9.17) is 18.9 Å². The van der Waals surface area contributed by atoms with Gasteiger partial charge in [-0.2, -0.15) is 0 Å². The first-order chi connectivity index (χ1) is 17.7. The van der Waals surface area contributed by atoms with E-state index in [0.29, 0.717) is 39.3 Å². The topological polar surface area (TPSA) is 71.1 Å². The number of carbonyl (C=O) groups excluding carboxylic acids is 2. The molecule has 3 rings (SSSR count). The number of carbonyl (C=O) groups is 2. The third-order valence-electron chi connectivity index (χ3n) is 8.41. The largest absolute Gasteiger partial charge is 0.463 e. The summed E-state index contributed by atoms with van der Waals surface area (Å²) in [7, 11) is 0. The minimum atomic E-state index is -0.0946. The van der Waals surface area contributed by atoms with Crippen LogP contribution in [0.25, 0.3) is 0 Å². The van der Waals surface area contributed by atoms with Crippen LogP contribution < -0.4 is 0 Å². The van der Waals surface area contributed by atoms with Gasteiger partial charge in [0, 0.05) is 12.8 Å². The van der Waals surface area contributed by atoms with E-state index in [9.17, 15) is 9.59 Å². The Hall–Kier alpha value is -1.14. The molecule has 0 saturated heterocycles. The molecule has 0 N–H and O–H groups in total. The van der Waals surface area contributed by atoms with Crippen LogP contribution in [-0.2, 0) is 28.5 Å². The third kappa shape index (κ3) is 12.9. The van der Waals surface area contributed by atoms with Gasteiger partial charge in [-0.15, -0.1) is 0 Å². The number of rotatable bonds is 16. The Labute approximate surface area is 219 Å². The quantitative estimate of drug-likeness (QED) is 0.166. The van der Waals surface area contributed by atoms with Gasteiger partial charge >= 0.3 is 11.9 Å². The van der Waals surface area contributed by atoms with Crippen LogP contribution in [0.4, 0.5) is 0 Å². The Bertz CT molecular complexity index is 546. The van der Waals surface area contributed by atoms with Gasteiger partial charge in [-0.25, -0.2) is 0 Å². The molecule has 0 aliphatic heterocycles. The smallest absolute Gasteiger partial charge is 0.305 e. The molecule has 0 radical (unpaired) electrons. The minimum absolute atomic E-state index is 0.0946. The fraction of sp³-hybridized carbons (Fsp3) is 0.933. The Morgan fingerprint density at radius 3 is 1.42 bits per heavy atom. The van der Waals surface area contributed by atoms with Gasteiger partial charge in [0.25, 0.3) is 0 Å². The number of hydrogen-bond donors (Lipinski definition) is 0. The Morgan fingerprint density at radius 1 is 0.528 bits per heavy atom. The lowest BCUT2D eigenvalue weighted by molar-refractivity contribution is -0.147. The van der Waals surface area contributed by atoms with Crippen molar-refractivity contribution in [2.45, 2.75) is 141 Å². The maximum Gasteiger partial charge on any atom is 0.305 e. The molecule has 6 heteroatoms. The lowest BCUT2D eigenvalue weighted by atomic mass is 9.86. The predicted octanol–water partition coefficient (Wildman–Crippen LogP) is 6.92. The van der Waals surface area contributed by atoms with Gasteiger partial charge in [-0.1, -0.05) is 64.2 Å². The molecule has 0 aromatic rings. The second kappa shape index (κ2) is 18.2. The number of ether oxygens (including phenoxy) is 4. The van der Waals surface area contributed by atoms with Crippen LogP contribution in [-0.4, -0.2) is 50.6 Å². The first-order valence-corrected chi connectivity index (χ1v) is 15.2. The summed E-state index contributed by atoms with van der Waals surface area (Å²) in [4.78, 5) is 24.0. The second-order valence-electron chi connectivity index (χ2n) is 11.4. The van der Waals surface area contributed by atoms with Crippen molar-refractivity contribution < 1.29 is 28.5 Å². The van der Waals surface area contributed by atoms with Crippen LogP contribution in [0.5, 0.6) is 0 Å². The van der Waals surface area contributed by atoms with Crippen LogP contribution in [0.3, 0.4) is 0 Å². The molecule has 3 aliphatic rings. The van der Waals surface area contributed by atoms with Crippen LogP contribution in [0.1, 0.15) is 128 Å². The minimum Gasteiger partial charge on any atom is -0.463 e. The Morgan fingerprint density at radius 2 is 0.972 bits per heavy atom. The van der Waals surface area contributed by atoms with E-state index in [1.807, 2.05) is 0 Å². The third-order valence-corrected chi connectivity index (χ3v) is 8.41. The molecule has 3 saturated carbocycles. The van der Waals surface area contributed by atoms with Crippen molar-refractivity contribution in [3.05, 3.63) is 0 Å². The zero-order valence-corrected chi connectivity index (χ0v) is 22.7. The predicted molar refractivity (Wildman–Crippen MR) is 141 cm³/mol. The van der Waals surface area contributed by atoms with Crippen molar-refractivity contribution in [1.29, 1.82) is 0 Å². The van der Waals surface area contributed by atoms with Gasteiger partial charge in [0.05, 0.1) is 25.4 Å². The summed E-state index contributed by atoms with van der Waals surface area (Å²) in [6, 6.07) is 0. The molecular weight excluding hydrogens is 456 g/mol. The highest BCUT2D eigenvalue weighted by atomic mass is 16.6. The maximum atomic E-state index is 12.0. The van der Waals surface area contributed by atoms with Gasteiger partial charge in [0.2, 0.25) is 0 Å². The normalized spacial score (nSPS) is 23.9. The monoisotopic (exact) mass is 508 g/mol. The molecule has 208 valence electrons. The van der Waals surface area contributed by atoms with Crippen molar-refractivity contribution in [3.63, 3.8) is 0 Å². The van der Waals surface area contributed by atoms with E-state index in [2.05, 4.69) is 0 Å². The molecule has 2 unspecified atom stereocenters. The highest BCUT2D eigenvalue weighted by molar-refractivity contribution is 5.69. The average Bonchev–Trinajstić information content (AvgIpc) is 2.91. The summed E-state index contributed by atoms with van der Waals surface area (Å²) in [5.74, 6) is 1.45. The van der Waals surface area contributed by atoms with Crippen molar-refractivity contribution in [2.24, 2.45) is 11.8 Å². The van der Waals surface area contributed by atoms with E-state index < -0.39 is 0 Å². The second-order valence-corrected chi connectivity index (χ2v) is 11.4. The molecule has 0 aromatic heterocycles. The molecule has 3 fully saturated rings. The van der Waals surface area contributed by atoms with Crippen LogP contribution >= 0.6 is 0 Å². The van der Waals surface area contributed by atoms with Crippen LogP contribution in [0, 0.1) is 11.8 Å². The van der Waals surface area contributed by atoms with Gasteiger partial charge in [0.1, 0.15) is 13.2 Å². The molecule has 3 aliphatic carbocycles. The van der Waals surface area contributed by atoms with Gasteiger partial charge in [0.15, 0.2) is 0 Å². The average molecular weight is 509 g/mol. The first kappa shape index (κ1) is 29.4. The molecule has 0 bridgehead atoms. The molecule has 0 amide bonds. The SMILES string of the molecule is O=C(CCCC1CCCCC1)OCCOC1CCCC(OCCOC(=O)CCCC2CCCCC2)C1. The van der Waals surface area contributed by atoms with Gasteiger partial charge in [-0.05, 0) is 63.2 Å². The van der Waals surface area contributed by atoms with E-state index >= 15 is 0 Å². The summed E-state index contributed by atoms with van der Waals surface area (Å²) in [5, 5.41) is 0. The standard InChI is InChI=1S/C30H52O6/c31-29(18-7-14-25-10-3-1-4-11-25)35-22-20-33-27-16-9-17-28(24-27)34-21-23-36-30(32)19-8-15-26-12-5-2-6-13-26/h25-28H,1-24H2. The van der Waals surface area contributed by atoms with E-state index in [1.165, 1.54) is 64.2 Å². The highest BCUT2D eigenvalue weighted by Crippen LogP contribution is 2.29. The van der Waals surface area contributed by atoms with E-state index in [0.717, 1.165) is 63.2 Å². The fourth-order valence-electron chi connectivity index (χ4n) is 6.31. The molecule has 0 spiro atoms. The molecule has 6 nitrogen and oxygen atoms in total.